The van der Waals surface area contributed by atoms with E-state index in [2.05, 4.69) is 17.8 Å². The second kappa shape index (κ2) is 8.08. The second-order valence-corrected chi connectivity index (χ2v) is 5.22. The van der Waals surface area contributed by atoms with Gasteiger partial charge in [-0.3, -0.25) is 20.4 Å². The molecule has 2 aromatic rings. The highest BCUT2D eigenvalue weighted by atomic mass is 19.1. The summed E-state index contributed by atoms with van der Waals surface area (Å²) in [5.74, 6) is -1.32. The van der Waals surface area contributed by atoms with Crippen LogP contribution in [0.1, 0.15) is 46.0 Å². The minimum Gasteiger partial charge on any atom is -0.267 e. The van der Waals surface area contributed by atoms with Crippen LogP contribution in [0.5, 0.6) is 0 Å². The van der Waals surface area contributed by atoms with Crippen molar-refractivity contribution in [3.05, 3.63) is 71.0 Å². The van der Waals surface area contributed by atoms with Crippen LogP contribution in [0.2, 0.25) is 0 Å². The molecule has 0 saturated carbocycles. The highest BCUT2D eigenvalue weighted by molar-refractivity contribution is 5.99. The Kier molecular flexibility index (Phi) is 5.86. The molecule has 0 bridgehead atoms. The molecule has 4 nitrogen and oxygen atoms in total. The van der Waals surface area contributed by atoms with Gasteiger partial charge < -0.3 is 0 Å². The van der Waals surface area contributed by atoms with Gasteiger partial charge in [0.25, 0.3) is 11.8 Å². The van der Waals surface area contributed by atoms with Crippen molar-refractivity contribution in [2.75, 3.05) is 0 Å². The number of carbonyl (C=O) groups is 2. The summed E-state index contributed by atoms with van der Waals surface area (Å²) in [5.41, 5.74) is 6.55. The molecule has 0 heterocycles. The Morgan fingerprint density at radius 2 is 1.35 bits per heavy atom. The zero-order valence-electron chi connectivity index (χ0n) is 12.9. The van der Waals surface area contributed by atoms with E-state index in [1.807, 2.05) is 12.1 Å². The Balaban J connectivity index is 1.89. The lowest BCUT2D eigenvalue weighted by molar-refractivity contribution is 0.0846. The van der Waals surface area contributed by atoms with Crippen LogP contribution in [0.4, 0.5) is 4.39 Å². The summed E-state index contributed by atoms with van der Waals surface area (Å²) in [6, 6.07) is 12.3. The zero-order chi connectivity index (χ0) is 16.7. The molecule has 0 aliphatic rings. The topological polar surface area (TPSA) is 58.2 Å². The fourth-order valence-corrected chi connectivity index (χ4v) is 2.06. The molecule has 0 unspecified atom stereocenters. The molecule has 23 heavy (non-hydrogen) atoms. The molecule has 2 aromatic carbocycles. The Morgan fingerprint density at radius 1 is 0.870 bits per heavy atom. The van der Waals surface area contributed by atoms with Crippen LogP contribution in [-0.4, -0.2) is 11.8 Å². The average molecular weight is 314 g/mol. The molecule has 2 N–H and O–H groups in total. The van der Waals surface area contributed by atoms with Crippen molar-refractivity contribution in [2.24, 2.45) is 0 Å². The lowest BCUT2D eigenvalue weighted by Gasteiger charge is -2.08. The molecule has 0 aliphatic heterocycles. The molecule has 0 radical (unpaired) electrons. The first-order valence-electron chi connectivity index (χ1n) is 7.55. The molecule has 120 valence electrons. The molecular formula is C18H19FN2O2. The maximum Gasteiger partial charge on any atom is 0.269 e. The van der Waals surface area contributed by atoms with Crippen molar-refractivity contribution in [1.82, 2.24) is 10.9 Å². The van der Waals surface area contributed by atoms with Crippen molar-refractivity contribution in [2.45, 2.75) is 26.2 Å². The fourth-order valence-electron chi connectivity index (χ4n) is 2.06. The Morgan fingerprint density at radius 3 is 1.83 bits per heavy atom. The van der Waals surface area contributed by atoms with E-state index in [1.165, 1.54) is 29.8 Å². The third-order valence-electron chi connectivity index (χ3n) is 3.43. The van der Waals surface area contributed by atoms with Gasteiger partial charge in [-0.1, -0.05) is 25.5 Å². The number of aryl methyl sites for hydroxylation is 1. The van der Waals surface area contributed by atoms with E-state index in [1.54, 1.807) is 12.1 Å². The van der Waals surface area contributed by atoms with Gasteiger partial charge in [-0.25, -0.2) is 4.39 Å². The number of hydrogen-bond donors (Lipinski definition) is 2. The average Bonchev–Trinajstić information content (AvgIpc) is 2.58. The van der Waals surface area contributed by atoms with Crippen LogP contribution in [0.3, 0.4) is 0 Å². The number of carbonyl (C=O) groups excluding carboxylic acids is 2. The summed E-state index contributed by atoms with van der Waals surface area (Å²) < 4.78 is 12.8. The zero-order valence-corrected chi connectivity index (χ0v) is 12.9. The first-order chi connectivity index (χ1) is 11.1. The number of amides is 2. The lowest BCUT2D eigenvalue weighted by Crippen LogP contribution is -2.41. The summed E-state index contributed by atoms with van der Waals surface area (Å²) in [6.45, 7) is 2.13. The minimum absolute atomic E-state index is 0.265. The molecule has 2 rings (SSSR count). The SMILES string of the molecule is CCCCc1ccc(C(=O)NNC(=O)c2ccc(F)cc2)cc1. The van der Waals surface area contributed by atoms with Crippen LogP contribution >= 0.6 is 0 Å². The summed E-state index contributed by atoms with van der Waals surface area (Å²) in [6.07, 6.45) is 3.22. The number of benzene rings is 2. The standard InChI is InChI=1S/C18H19FN2O2/c1-2-3-4-13-5-7-14(8-6-13)17(22)20-21-18(23)15-9-11-16(19)12-10-15/h5-12H,2-4H2,1H3,(H,20,22)(H,21,23). The first-order valence-corrected chi connectivity index (χ1v) is 7.55. The van der Waals surface area contributed by atoms with Gasteiger partial charge in [-0.2, -0.15) is 0 Å². The van der Waals surface area contributed by atoms with Gasteiger partial charge in [0.1, 0.15) is 5.82 Å². The number of hydrazine groups is 1. The maximum absolute atomic E-state index is 12.8. The van der Waals surface area contributed by atoms with E-state index in [0.29, 0.717) is 5.56 Å². The number of rotatable bonds is 5. The number of nitrogens with one attached hydrogen (secondary N) is 2. The summed E-state index contributed by atoms with van der Waals surface area (Å²) >= 11 is 0. The van der Waals surface area contributed by atoms with Crippen molar-refractivity contribution >= 4 is 11.8 Å². The van der Waals surface area contributed by atoms with Crippen LogP contribution in [0, 0.1) is 5.82 Å². The number of unbranched alkanes of at least 4 members (excludes halogenated alkanes) is 1. The lowest BCUT2D eigenvalue weighted by atomic mass is 10.1. The van der Waals surface area contributed by atoms with E-state index in [9.17, 15) is 14.0 Å². The summed E-state index contributed by atoms with van der Waals surface area (Å²) in [4.78, 5) is 23.8. The van der Waals surface area contributed by atoms with Gasteiger partial charge in [-0.05, 0) is 54.8 Å². The Hall–Kier alpha value is -2.69. The highest BCUT2D eigenvalue weighted by Crippen LogP contribution is 2.08. The van der Waals surface area contributed by atoms with Crippen LogP contribution < -0.4 is 10.9 Å². The normalized spacial score (nSPS) is 10.2. The van der Waals surface area contributed by atoms with Gasteiger partial charge in [0.05, 0.1) is 0 Å². The molecule has 0 saturated heterocycles. The third-order valence-corrected chi connectivity index (χ3v) is 3.43. The Bertz CT molecular complexity index is 666. The quantitative estimate of drug-likeness (QED) is 0.832. The van der Waals surface area contributed by atoms with Crippen LogP contribution in [0.25, 0.3) is 0 Å². The van der Waals surface area contributed by atoms with Crippen molar-refractivity contribution in [3.63, 3.8) is 0 Å². The molecular weight excluding hydrogens is 295 g/mol. The second-order valence-electron chi connectivity index (χ2n) is 5.22. The molecule has 0 spiro atoms. The molecule has 0 atom stereocenters. The van der Waals surface area contributed by atoms with E-state index in [-0.39, 0.29) is 5.56 Å². The van der Waals surface area contributed by atoms with E-state index in [0.717, 1.165) is 19.3 Å². The monoisotopic (exact) mass is 314 g/mol. The maximum atomic E-state index is 12.8. The highest BCUT2D eigenvalue weighted by Gasteiger charge is 2.09. The molecule has 5 heteroatoms. The predicted octanol–water partition coefficient (Wildman–Crippen LogP) is 3.24. The summed E-state index contributed by atoms with van der Waals surface area (Å²) in [5, 5.41) is 0. The molecule has 2 amide bonds. The number of halogens is 1. The van der Waals surface area contributed by atoms with Crippen molar-refractivity contribution in [1.29, 1.82) is 0 Å². The van der Waals surface area contributed by atoms with Crippen LogP contribution in [-0.2, 0) is 6.42 Å². The van der Waals surface area contributed by atoms with Gasteiger partial charge >= 0.3 is 0 Å². The van der Waals surface area contributed by atoms with Crippen LogP contribution in [0.15, 0.2) is 48.5 Å². The molecule has 0 fully saturated rings. The van der Waals surface area contributed by atoms with Gasteiger partial charge in [0, 0.05) is 11.1 Å². The van der Waals surface area contributed by atoms with E-state index in [4.69, 9.17) is 0 Å². The van der Waals surface area contributed by atoms with E-state index < -0.39 is 17.6 Å². The van der Waals surface area contributed by atoms with Gasteiger partial charge in [-0.15, -0.1) is 0 Å². The fraction of sp³-hybridized carbons (Fsp3) is 0.222. The molecule has 0 aromatic heterocycles. The van der Waals surface area contributed by atoms with Crippen molar-refractivity contribution < 1.29 is 14.0 Å². The number of hydrogen-bond acceptors (Lipinski definition) is 2. The predicted molar refractivity (Wildman–Crippen MR) is 86.4 cm³/mol. The summed E-state index contributed by atoms with van der Waals surface area (Å²) in [7, 11) is 0. The minimum atomic E-state index is -0.502. The van der Waals surface area contributed by atoms with Gasteiger partial charge in [0.2, 0.25) is 0 Å². The van der Waals surface area contributed by atoms with Crippen molar-refractivity contribution in [3.8, 4) is 0 Å². The smallest absolute Gasteiger partial charge is 0.267 e. The molecule has 0 aliphatic carbocycles. The Labute approximate surface area is 134 Å². The first kappa shape index (κ1) is 16.7. The third kappa shape index (κ3) is 4.92. The largest absolute Gasteiger partial charge is 0.269 e. The van der Waals surface area contributed by atoms with E-state index >= 15 is 0 Å². The van der Waals surface area contributed by atoms with Gasteiger partial charge in [0.15, 0.2) is 0 Å².